The summed E-state index contributed by atoms with van der Waals surface area (Å²) in [6.45, 7) is 3.54. The van der Waals surface area contributed by atoms with Crippen molar-refractivity contribution in [2.45, 2.75) is 42.2 Å². The van der Waals surface area contributed by atoms with Crippen LogP contribution < -0.4 is 10.6 Å². The molecule has 2 rings (SSSR count). The number of carboxylic acids is 1. The summed E-state index contributed by atoms with van der Waals surface area (Å²) in [6, 6.07) is 6.07. The largest absolute Gasteiger partial charge is 0.494 e. The molecule has 1 saturated heterocycles. The van der Waals surface area contributed by atoms with Crippen molar-refractivity contribution in [1.29, 1.82) is 0 Å². The van der Waals surface area contributed by atoms with Crippen LogP contribution in [-0.4, -0.2) is 61.1 Å². The molecule has 0 aromatic heterocycles. The van der Waals surface area contributed by atoms with Crippen LogP contribution in [0.3, 0.4) is 0 Å². The quantitative estimate of drug-likeness (QED) is 0.473. The first-order valence-corrected chi connectivity index (χ1v) is 9.97. The summed E-state index contributed by atoms with van der Waals surface area (Å²) >= 11 is 0. The van der Waals surface area contributed by atoms with Gasteiger partial charge in [-0.3, -0.25) is 4.79 Å². The van der Waals surface area contributed by atoms with Gasteiger partial charge in [0, 0.05) is 0 Å². The van der Waals surface area contributed by atoms with E-state index in [0.717, 1.165) is 12.8 Å². The topological polar surface area (TPSA) is 130 Å². The van der Waals surface area contributed by atoms with Crippen molar-refractivity contribution < 1.29 is 28.3 Å². The lowest BCUT2D eigenvalue weighted by molar-refractivity contribution is -0.141. The Morgan fingerprint density at radius 1 is 1.23 bits per heavy atom. The molecule has 9 heteroatoms. The lowest BCUT2D eigenvalue weighted by atomic mass is 9.96. The Balaban J connectivity index is 0.00000163. The van der Waals surface area contributed by atoms with E-state index in [2.05, 4.69) is 12.8 Å². The summed E-state index contributed by atoms with van der Waals surface area (Å²) in [6.07, 6.45) is 2.13. The SMILES string of the molecule is CCCCOc1ccc(S(=O)(=O)C2(C(=O)O)CCN(C)CC2)cc1.NO. The number of likely N-dealkylation sites (tertiary alicyclic amines) is 1. The maximum Gasteiger partial charge on any atom is 0.325 e. The van der Waals surface area contributed by atoms with E-state index >= 15 is 0 Å². The molecule has 8 nitrogen and oxygen atoms in total. The summed E-state index contributed by atoms with van der Waals surface area (Å²) in [5.41, 5.74) is 0. The molecule has 1 heterocycles. The molecule has 0 atom stereocenters. The molecule has 1 aromatic rings. The lowest BCUT2D eigenvalue weighted by Crippen LogP contribution is -2.53. The first-order valence-electron chi connectivity index (χ1n) is 8.49. The number of ether oxygens (including phenoxy) is 1. The van der Waals surface area contributed by atoms with E-state index in [1.54, 1.807) is 12.1 Å². The highest BCUT2D eigenvalue weighted by atomic mass is 32.2. The summed E-state index contributed by atoms with van der Waals surface area (Å²) in [5, 5.41) is 16.1. The van der Waals surface area contributed by atoms with E-state index in [1.165, 1.54) is 12.1 Å². The van der Waals surface area contributed by atoms with Crippen LogP contribution in [0.2, 0.25) is 0 Å². The van der Waals surface area contributed by atoms with Crippen molar-refractivity contribution in [2.75, 3.05) is 26.7 Å². The summed E-state index contributed by atoms with van der Waals surface area (Å²) in [7, 11) is -2.11. The first kappa shape index (κ1) is 22.4. The molecule has 4 N–H and O–H groups in total. The number of piperidine rings is 1. The lowest BCUT2D eigenvalue weighted by Gasteiger charge is -2.36. The first-order chi connectivity index (χ1) is 12.3. The molecule has 0 aliphatic carbocycles. The maximum atomic E-state index is 13.0. The Kier molecular flexibility index (Phi) is 8.48. The van der Waals surface area contributed by atoms with Crippen LogP contribution in [0.4, 0.5) is 0 Å². The number of rotatable bonds is 7. The minimum absolute atomic E-state index is 0.0392. The predicted octanol–water partition coefficient (Wildman–Crippen LogP) is 1.52. The molecule has 1 aliphatic rings. The third kappa shape index (κ3) is 4.73. The highest BCUT2D eigenvalue weighted by molar-refractivity contribution is 7.93. The van der Waals surface area contributed by atoms with E-state index in [9.17, 15) is 18.3 Å². The van der Waals surface area contributed by atoms with E-state index in [0.29, 0.717) is 25.4 Å². The molecule has 0 unspecified atom stereocenters. The molecule has 0 amide bonds. The number of benzene rings is 1. The number of aliphatic carboxylic acids is 1. The van der Waals surface area contributed by atoms with Gasteiger partial charge in [0.2, 0.25) is 0 Å². The average molecular weight is 388 g/mol. The summed E-state index contributed by atoms with van der Waals surface area (Å²) in [4.78, 5) is 13.8. The minimum atomic E-state index is -3.97. The fraction of sp³-hybridized carbons (Fsp3) is 0.588. The number of carbonyl (C=O) groups is 1. The second-order valence-electron chi connectivity index (χ2n) is 6.28. The van der Waals surface area contributed by atoms with Crippen LogP contribution in [0.5, 0.6) is 5.75 Å². The molecule has 1 aliphatic heterocycles. The molecular weight excluding hydrogens is 360 g/mol. The Labute approximate surface area is 154 Å². The third-order valence-corrected chi connectivity index (χ3v) is 7.10. The van der Waals surface area contributed by atoms with Gasteiger partial charge in [0.15, 0.2) is 14.6 Å². The monoisotopic (exact) mass is 388 g/mol. The normalized spacial score (nSPS) is 17.1. The molecule has 0 saturated carbocycles. The fourth-order valence-corrected chi connectivity index (χ4v) is 4.75. The minimum Gasteiger partial charge on any atom is -0.494 e. The zero-order chi connectivity index (χ0) is 19.8. The number of hydrogen-bond donors (Lipinski definition) is 3. The number of nitrogens with zero attached hydrogens (tertiary/aromatic N) is 1. The number of nitrogens with two attached hydrogens (primary N) is 1. The smallest absolute Gasteiger partial charge is 0.325 e. The molecule has 0 spiro atoms. The number of unbranched alkanes of at least 4 members (excludes halogenated alkanes) is 1. The van der Waals surface area contributed by atoms with Crippen LogP contribution in [0.25, 0.3) is 0 Å². The van der Waals surface area contributed by atoms with Crippen molar-refractivity contribution in [2.24, 2.45) is 5.90 Å². The second-order valence-corrected chi connectivity index (χ2v) is 8.54. The second kappa shape index (κ2) is 9.86. The molecule has 1 fully saturated rings. The van der Waals surface area contributed by atoms with E-state index in [-0.39, 0.29) is 17.7 Å². The van der Waals surface area contributed by atoms with Crippen LogP contribution >= 0.6 is 0 Å². The molecule has 0 bridgehead atoms. The van der Waals surface area contributed by atoms with Gasteiger partial charge in [-0.15, -0.1) is 0 Å². The van der Waals surface area contributed by atoms with Crippen LogP contribution in [0.15, 0.2) is 29.2 Å². The average Bonchev–Trinajstić information content (AvgIpc) is 2.64. The Morgan fingerprint density at radius 3 is 2.23 bits per heavy atom. The van der Waals surface area contributed by atoms with Gasteiger partial charge in [-0.25, -0.2) is 14.3 Å². The van der Waals surface area contributed by atoms with Gasteiger partial charge in [0.05, 0.1) is 11.5 Å². The Hall–Kier alpha value is -1.68. The van der Waals surface area contributed by atoms with E-state index in [4.69, 9.17) is 9.94 Å². The zero-order valence-corrected chi connectivity index (χ0v) is 16.0. The van der Waals surface area contributed by atoms with Crippen LogP contribution in [0.1, 0.15) is 32.6 Å². The van der Waals surface area contributed by atoms with Crippen molar-refractivity contribution in [3.8, 4) is 5.75 Å². The Bertz CT molecular complexity index is 667. The standard InChI is InChI=1S/C17H25NO5S.H3NO/c1-3-4-13-23-14-5-7-15(8-6-14)24(21,22)17(16(19)20)9-11-18(2)12-10-17;1-2/h5-8H,3-4,9-13H2,1-2H3,(H,19,20);2H,1H2. The maximum absolute atomic E-state index is 13.0. The highest BCUT2D eigenvalue weighted by Gasteiger charge is 2.52. The molecule has 0 radical (unpaired) electrons. The number of sulfone groups is 1. The summed E-state index contributed by atoms with van der Waals surface area (Å²) in [5.74, 6) is 2.83. The molecule has 1 aromatic carbocycles. The third-order valence-electron chi connectivity index (χ3n) is 4.60. The van der Waals surface area contributed by atoms with Crippen molar-refractivity contribution in [3.05, 3.63) is 24.3 Å². The molecular formula is C17H28N2O6S. The van der Waals surface area contributed by atoms with E-state index in [1.807, 2.05) is 11.9 Å². The van der Waals surface area contributed by atoms with Gasteiger partial charge >= 0.3 is 5.97 Å². The van der Waals surface area contributed by atoms with Crippen LogP contribution in [-0.2, 0) is 14.6 Å². The number of carboxylic acid groups (broad SMARTS) is 1. The molecule has 26 heavy (non-hydrogen) atoms. The van der Waals surface area contributed by atoms with Crippen LogP contribution in [0, 0.1) is 0 Å². The van der Waals surface area contributed by atoms with E-state index < -0.39 is 20.6 Å². The summed E-state index contributed by atoms with van der Waals surface area (Å²) < 4.78 is 29.8. The fourth-order valence-electron chi connectivity index (χ4n) is 2.85. The van der Waals surface area contributed by atoms with Gasteiger partial charge < -0.3 is 20.0 Å². The van der Waals surface area contributed by atoms with Gasteiger partial charge in [0.1, 0.15) is 5.75 Å². The van der Waals surface area contributed by atoms with Crippen molar-refractivity contribution >= 4 is 15.8 Å². The number of hydrogen-bond acceptors (Lipinski definition) is 7. The van der Waals surface area contributed by atoms with Gasteiger partial charge in [0.25, 0.3) is 0 Å². The predicted molar refractivity (Wildman–Crippen MR) is 97.1 cm³/mol. The van der Waals surface area contributed by atoms with Gasteiger partial charge in [-0.2, -0.15) is 0 Å². The zero-order valence-electron chi connectivity index (χ0n) is 15.2. The highest BCUT2D eigenvalue weighted by Crippen LogP contribution is 2.36. The van der Waals surface area contributed by atoms with Gasteiger partial charge in [-0.05, 0) is 63.7 Å². The Morgan fingerprint density at radius 2 is 1.77 bits per heavy atom. The molecule has 148 valence electrons. The van der Waals surface area contributed by atoms with Crippen molar-refractivity contribution in [3.63, 3.8) is 0 Å². The van der Waals surface area contributed by atoms with Crippen molar-refractivity contribution in [1.82, 2.24) is 4.90 Å². The van der Waals surface area contributed by atoms with Gasteiger partial charge in [-0.1, -0.05) is 13.3 Å².